The van der Waals surface area contributed by atoms with E-state index in [1.165, 1.54) is 7.11 Å². The molecule has 0 heterocycles. The normalized spacial score (nSPS) is 9.73. The Bertz CT molecular complexity index is 530. The van der Waals surface area contributed by atoms with Crippen LogP contribution in [0.1, 0.15) is 19.8 Å². The van der Waals surface area contributed by atoms with Crippen LogP contribution >= 0.6 is 0 Å². The van der Waals surface area contributed by atoms with Crippen LogP contribution in [-0.4, -0.2) is 38.0 Å². The number of hydrogen-bond acceptors (Lipinski definition) is 5. The minimum absolute atomic E-state index is 0.00576. The molecular weight excluding hydrogens is 288 g/mol. The van der Waals surface area contributed by atoms with Gasteiger partial charge in [-0.2, -0.15) is 0 Å². The second kappa shape index (κ2) is 9.38. The Morgan fingerprint density at radius 1 is 1.14 bits per heavy atom. The van der Waals surface area contributed by atoms with E-state index in [0.717, 1.165) is 0 Å². The number of esters is 1. The molecule has 0 aliphatic carbocycles. The molecule has 0 aliphatic rings. The molecule has 0 unspecified atom stereocenters. The second-order valence-corrected chi connectivity index (χ2v) is 4.35. The number of rotatable bonds is 8. The summed E-state index contributed by atoms with van der Waals surface area (Å²) in [5, 5.41) is 5.04. The molecule has 2 N–H and O–H groups in total. The smallest absolute Gasteiger partial charge is 0.319 e. The molecule has 2 amide bonds. The largest absolute Gasteiger partial charge is 0.492 e. The Hall–Kier alpha value is -2.57. The van der Waals surface area contributed by atoms with Crippen LogP contribution < -0.4 is 15.4 Å². The van der Waals surface area contributed by atoms with E-state index in [1.807, 2.05) is 6.92 Å². The van der Waals surface area contributed by atoms with E-state index in [4.69, 9.17) is 4.74 Å². The molecule has 0 saturated carbocycles. The molecule has 0 fully saturated rings. The second-order valence-electron chi connectivity index (χ2n) is 4.35. The molecule has 0 atom stereocenters. The van der Waals surface area contributed by atoms with E-state index < -0.39 is 12.0 Å². The molecule has 0 radical (unpaired) electrons. The van der Waals surface area contributed by atoms with Gasteiger partial charge in [-0.05, 0) is 19.1 Å². The Balaban J connectivity index is 2.40. The van der Waals surface area contributed by atoms with Gasteiger partial charge in [-0.15, -0.1) is 0 Å². The highest BCUT2D eigenvalue weighted by Gasteiger charge is 2.10. The lowest BCUT2D eigenvalue weighted by Gasteiger charge is -2.11. The molecule has 0 aromatic heterocycles. The highest BCUT2D eigenvalue weighted by Crippen LogP contribution is 2.23. The summed E-state index contributed by atoms with van der Waals surface area (Å²) < 4.78 is 9.82. The third-order valence-corrected chi connectivity index (χ3v) is 2.72. The maximum Gasteiger partial charge on any atom is 0.319 e. The van der Waals surface area contributed by atoms with Crippen molar-refractivity contribution in [3.63, 3.8) is 0 Å². The van der Waals surface area contributed by atoms with Crippen LogP contribution in [0.5, 0.6) is 5.75 Å². The van der Waals surface area contributed by atoms with Gasteiger partial charge < -0.3 is 20.1 Å². The first-order valence-electron chi connectivity index (χ1n) is 6.92. The maximum absolute atomic E-state index is 11.7. The highest BCUT2D eigenvalue weighted by atomic mass is 16.5. The standard InChI is InChI=1S/C15H20N2O5/c1-3-22-13-7-5-4-6-12(13)17-15(20)16-10-11(18)8-9-14(19)21-2/h4-7H,3,8-10H2,1-2H3,(H2,16,17,20). The fourth-order valence-electron chi connectivity index (χ4n) is 1.63. The van der Waals surface area contributed by atoms with Crippen molar-refractivity contribution in [2.45, 2.75) is 19.8 Å². The molecule has 7 heteroatoms. The van der Waals surface area contributed by atoms with Gasteiger partial charge in [0.2, 0.25) is 0 Å². The first-order valence-corrected chi connectivity index (χ1v) is 6.92. The third-order valence-electron chi connectivity index (χ3n) is 2.72. The van der Waals surface area contributed by atoms with Gasteiger partial charge in [0.05, 0.1) is 32.4 Å². The lowest BCUT2D eigenvalue weighted by atomic mass is 10.2. The lowest BCUT2D eigenvalue weighted by Crippen LogP contribution is -2.33. The van der Waals surface area contributed by atoms with E-state index in [0.29, 0.717) is 18.0 Å². The van der Waals surface area contributed by atoms with E-state index in [-0.39, 0.29) is 25.2 Å². The molecule has 1 rings (SSSR count). The lowest BCUT2D eigenvalue weighted by molar-refractivity contribution is -0.141. The molecule has 1 aromatic rings. The molecular formula is C15H20N2O5. The number of para-hydroxylation sites is 2. The van der Waals surface area contributed by atoms with Crippen molar-refractivity contribution < 1.29 is 23.9 Å². The van der Waals surface area contributed by atoms with Crippen LogP contribution in [-0.2, 0) is 14.3 Å². The van der Waals surface area contributed by atoms with E-state index in [1.54, 1.807) is 24.3 Å². The van der Waals surface area contributed by atoms with Gasteiger partial charge >= 0.3 is 12.0 Å². The summed E-state index contributed by atoms with van der Waals surface area (Å²) in [6.07, 6.45) is 0.0360. The average Bonchev–Trinajstić information content (AvgIpc) is 2.52. The minimum atomic E-state index is -0.515. The zero-order chi connectivity index (χ0) is 16.4. The molecule has 7 nitrogen and oxygen atoms in total. The topological polar surface area (TPSA) is 93.7 Å². The van der Waals surface area contributed by atoms with Crippen molar-refractivity contribution in [3.8, 4) is 5.75 Å². The van der Waals surface area contributed by atoms with Crippen molar-refractivity contribution >= 4 is 23.5 Å². The fourth-order valence-corrected chi connectivity index (χ4v) is 1.63. The van der Waals surface area contributed by atoms with Crippen LogP contribution in [0.3, 0.4) is 0 Å². The number of nitrogens with one attached hydrogen (secondary N) is 2. The van der Waals surface area contributed by atoms with Gasteiger partial charge in [-0.1, -0.05) is 12.1 Å². The molecule has 0 spiro atoms. The SMILES string of the molecule is CCOc1ccccc1NC(=O)NCC(=O)CCC(=O)OC. The Kier molecular flexibility index (Phi) is 7.45. The monoisotopic (exact) mass is 308 g/mol. The number of ketones is 1. The average molecular weight is 308 g/mol. The van der Waals surface area contributed by atoms with Crippen LogP contribution in [0.2, 0.25) is 0 Å². The van der Waals surface area contributed by atoms with Crippen molar-refractivity contribution in [2.75, 3.05) is 25.6 Å². The number of anilines is 1. The van der Waals surface area contributed by atoms with Gasteiger partial charge in [0.15, 0.2) is 5.78 Å². The van der Waals surface area contributed by atoms with E-state index in [9.17, 15) is 14.4 Å². The van der Waals surface area contributed by atoms with Crippen LogP contribution in [0.25, 0.3) is 0 Å². The quantitative estimate of drug-likeness (QED) is 0.713. The summed E-state index contributed by atoms with van der Waals surface area (Å²) in [7, 11) is 1.26. The maximum atomic E-state index is 11.7. The van der Waals surface area contributed by atoms with Gasteiger partial charge in [0.25, 0.3) is 0 Å². The first kappa shape index (κ1) is 17.5. The molecule has 0 saturated heterocycles. The van der Waals surface area contributed by atoms with Crippen LogP contribution in [0.4, 0.5) is 10.5 Å². The number of hydrogen-bond donors (Lipinski definition) is 2. The van der Waals surface area contributed by atoms with Crippen molar-refractivity contribution in [2.24, 2.45) is 0 Å². The third kappa shape index (κ3) is 6.25. The molecule has 0 aliphatic heterocycles. The van der Waals surface area contributed by atoms with E-state index >= 15 is 0 Å². The number of carbonyl (C=O) groups excluding carboxylic acids is 3. The number of ether oxygens (including phenoxy) is 2. The molecule has 0 bridgehead atoms. The summed E-state index contributed by atoms with van der Waals surface area (Å²) in [5.41, 5.74) is 0.517. The predicted octanol–water partition coefficient (Wildman–Crippen LogP) is 1.73. The number of carbonyl (C=O) groups is 3. The van der Waals surface area contributed by atoms with Gasteiger partial charge in [-0.25, -0.2) is 4.79 Å². The van der Waals surface area contributed by atoms with E-state index in [2.05, 4.69) is 15.4 Å². The molecule has 120 valence electrons. The number of methoxy groups -OCH3 is 1. The van der Waals surface area contributed by atoms with Gasteiger partial charge in [-0.3, -0.25) is 9.59 Å². The van der Waals surface area contributed by atoms with Gasteiger partial charge in [0, 0.05) is 6.42 Å². The number of urea groups is 1. The Morgan fingerprint density at radius 2 is 1.86 bits per heavy atom. The summed E-state index contributed by atoms with van der Waals surface area (Å²) in [6.45, 7) is 2.17. The van der Waals surface area contributed by atoms with Crippen molar-refractivity contribution in [3.05, 3.63) is 24.3 Å². The van der Waals surface area contributed by atoms with Crippen molar-refractivity contribution in [1.82, 2.24) is 5.32 Å². The zero-order valence-corrected chi connectivity index (χ0v) is 12.7. The summed E-state index contributed by atoms with van der Waals surface area (Å²) >= 11 is 0. The Morgan fingerprint density at radius 3 is 2.55 bits per heavy atom. The zero-order valence-electron chi connectivity index (χ0n) is 12.7. The summed E-state index contributed by atoms with van der Waals surface area (Å²) in [5.74, 6) is -0.153. The summed E-state index contributed by atoms with van der Waals surface area (Å²) in [6, 6.07) is 6.48. The number of benzene rings is 1. The number of amides is 2. The first-order chi connectivity index (χ1) is 10.6. The minimum Gasteiger partial charge on any atom is -0.492 e. The van der Waals surface area contributed by atoms with Gasteiger partial charge in [0.1, 0.15) is 5.75 Å². The Labute approximate surface area is 129 Å². The molecule has 22 heavy (non-hydrogen) atoms. The highest BCUT2D eigenvalue weighted by molar-refractivity contribution is 5.94. The van der Waals surface area contributed by atoms with Crippen molar-refractivity contribution in [1.29, 1.82) is 0 Å². The number of Topliss-reactive ketones (excluding diaryl/α,β-unsaturated/α-hetero) is 1. The van der Waals surface area contributed by atoms with Crippen LogP contribution in [0, 0.1) is 0 Å². The van der Waals surface area contributed by atoms with Crippen LogP contribution in [0.15, 0.2) is 24.3 Å². The predicted molar refractivity (Wildman–Crippen MR) is 80.9 cm³/mol. The molecule has 1 aromatic carbocycles. The summed E-state index contributed by atoms with van der Waals surface area (Å²) in [4.78, 5) is 34.2. The fraction of sp³-hybridized carbons (Fsp3) is 0.400.